The first kappa shape index (κ1) is 7.55. The van der Waals surface area contributed by atoms with Crippen LogP contribution in [0.2, 0.25) is 0 Å². The van der Waals surface area contributed by atoms with Gasteiger partial charge in [0.15, 0.2) is 0 Å². The second kappa shape index (κ2) is 3.02. The van der Waals surface area contributed by atoms with Gasteiger partial charge in [-0.2, -0.15) is 0 Å². The fourth-order valence-corrected chi connectivity index (χ4v) is 0.913. The summed E-state index contributed by atoms with van der Waals surface area (Å²) in [6, 6.07) is 0. The Morgan fingerprint density at radius 1 is 1.60 bits per heavy atom. The monoisotopic (exact) mass is 158 g/mol. The van der Waals surface area contributed by atoms with E-state index in [1.807, 2.05) is 0 Å². The summed E-state index contributed by atoms with van der Waals surface area (Å²) in [5.41, 5.74) is 0.809. The molecule has 0 saturated carbocycles. The first-order chi connectivity index (χ1) is 4.70. The molecule has 10 heavy (non-hydrogen) atoms. The summed E-state index contributed by atoms with van der Waals surface area (Å²) in [6.07, 6.45) is 5.21. The molecule has 1 aliphatic rings. The van der Waals surface area contributed by atoms with Crippen LogP contribution in [-0.4, -0.2) is 0 Å². The average Bonchev–Trinajstić information content (AvgIpc) is 1.96. The predicted molar refractivity (Wildman–Crippen MR) is 41.5 cm³/mol. The van der Waals surface area contributed by atoms with Crippen LogP contribution in [0, 0.1) is 0 Å². The molecule has 0 aliphatic heterocycles. The average molecular weight is 159 g/mol. The smallest absolute Gasteiger partial charge is 0.123 e. The van der Waals surface area contributed by atoms with E-state index in [1.54, 1.807) is 13.0 Å². The molecule has 0 aromatic heterocycles. The van der Waals surface area contributed by atoms with Gasteiger partial charge in [0.05, 0.1) is 0 Å². The van der Waals surface area contributed by atoms with Gasteiger partial charge in [0.2, 0.25) is 0 Å². The summed E-state index contributed by atoms with van der Waals surface area (Å²) in [6.45, 7) is 1.80. The molecular weight excluding hydrogens is 151 g/mol. The number of rotatable bonds is 0. The normalized spacial score (nSPS) is 18.9. The Kier molecular flexibility index (Phi) is 2.28. The van der Waals surface area contributed by atoms with Gasteiger partial charge in [0.25, 0.3) is 0 Å². The summed E-state index contributed by atoms with van der Waals surface area (Å²) < 4.78 is 12.5. The van der Waals surface area contributed by atoms with E-state index in [4.69, 9.17) is 11.6 Å². The molecule has 0 atom stereocenters. The van der Waals surface area contributed by atoms with Crippen LogP contribution in [0.1, 0.15) is 13.3 Å². The molecule has 0 unspecified atom stereocenters. The highest BCUT2D eigenvalue weighted by atomic mass is 35.5. The van der Waals surface area contributed by atoms with Gasteiger partial charge < -0.3 is 0 Å². The molecule has 0 N–H and O–H groups in total. The minimum Gasteiger partial charge on any atom is -0.207 e. The van der Waals surface area contributed by atoms with Crippen LogP contribution < -0.4 is 0 Å². The first-order valence-electron chi connectivity index (χ1n) is 3.09. The van der Waals surface area contributed by atoms with Crippen LogP contribution in [0.15, 0.2) is 34.7 Å². The van der Waals surface area contributed by atoms with E-state index in [2.05, 4.69) is 0 Å². The largest absolute Gasteiger partial charge is 0.207 e. The molecule has 0 bridgehead atoms. The topological polar surface area (TPSA) is 0 Å². The van der Waals surface area contributed by atoms with Gasteiger partial charge in [-0.25, -0.2) is 4.39 Å². The van der Waals surface area contributed by atoms with Gasteiger partial charge in [-0.05, 0) is 24.6 Å². The quantitative estimate of drug-likeness (QED) is 0.508. The zero-order valence-corrected chi connectivity index (χ0v) is 6.45. The molecule has 2 heteroatoms. The van der Waals surface area contributed by atoms with Gasteiger partial charge in [0, 0.05) is 11.5 Å². The van der Waals surface area contributed by atoms with E-state index in [0.717, 1.165) is 5.57 Å². The number of hydrogen-bond acceptors (Lipinski definition) is 0. The summed E-state index contributed by atoms with van der Waals surface area (Å²) in [4.78, 5) is 0. The van der Waals surface area contributed by atoms with Crippen LogP contribution in [-0.2, 0) is 0 Å². The Bertz CT molecular complexity index is 223. The molecule has 0 aromatic carbocycles. The highest BCUT2D eigenvalue weighted by molar-refractivity contribution is 6.30. The van der Waals surface area contributed by atoms with Gasteiger partial charge in [0.1, 0.15) is 5.83 Å². The third-order valence-corrected chi connectivity index (χ3v) is 1.81. The fourth-order valence-electron chi connectivity index (χ4n) is 0.769. The van der Waals surface area contributed by atoms with Crippen molar-refractivity contribution in [3.8, 4) is 0 Å². The van der Waals surface area contributed by atoms with Crippen LogP contribution in [0.5, 0.6) is 0 Å². The summed E-state index contributed by atoms with van der Waals surface area (Å²) in [7, 11) is 0. The maximum atomic E-state index is 12.5. The molecule has 0 aromatic rings. The third kappa shape index (κ3) is 1.71. The van der Waals surface area contributed by atoms with Crippen molar-refractivity contribution < 1.29 is 4.39 Å². The number of allylic oxidation sites excluding steroid dienone is 6. The molecule has 0 saturated heterocycles. The van der Waals surface area contributed by atoms with Crippen LogP contribution in [0.25, 0.3) is 0 Å². The van der Waals surface area contributed by atoms with Crippen LogP contribution in [0.4, 0.5) is 4.39 Å². The van der Waals surface area contributed by atoms with Crippen molar-refractivity contribution in [2.24, 2.45) is 0 Å². The minimum absolute atomic E-state index is 0.229. The molecule has 0 amide bonds. The summed E-state index contributed by atoms with van der Waals surface area (Å²) >= 11 is 5.75. The molecule has 1 aliphatic carbocycles. The standard InChI is InChI=1S/C8H8ClF/c1-6-5-7(10)3-2-4-8(6)9/h2-3,5H,4H2,1H3. The van der Waals surface area contributed by atoms with E-state index in [1.165, 1.54) is 12.2 Å². The number of hydrogen-bond donors (Lipinski definition) is 0. The van der Waals surface area contributed by atoms with E-state index in [9.17, 15) is 4.39 Å². The minimum atomic E-state index is -0.229. The summed E-state index contributed by atoms with van der Waals surface area (Å²) in [5.74, 6) is -0.229. The van der Waals surface area contributed by atoms with Gasteiger partial charge in [-0.15, -0.1) is 0 Å². The SMILES string of the molecule is CC1=C(Cl)CC=CC(F)=C1. The molecule has 1 rings (SSSR count). The summed E-state index contributed by atoms with van der Waals surface area (Å²) in [5, 5.41) is 0.712. The van der Waals surface area contributed by atoms with E-state index in [-0.39, 0.29) is 5.83 Å². The lowest BCUT2D eigenvalue weighted by Crippen LogP contribution is -1.73. The molecule has 0 spiro atoms. The van der Waals surface area contributed by atoms with Crippen molar-refractivity contribution in [3.05, 3.63) is 34.7 Å². The van der Waals surface area contributed by atoms with Crippen molar-refractivity contribution in [2.45, 2.75) is 13.3 Å². The van der Waals surface area contributed by atoms with E-state index < -0.39 is 0 Å². The van der Waals surface area contributed by atoms with Crippen molar-refractivity contribution >= 4 is 11.6 Å². The van der Waals surface area contributed by atoms with Crippen molar-refractivity contribution in [2.75, 3.05) is 0 Å². The number of halogens is 2. The second-order valence-corrected chi connectivity index (χ2v) is 2.68. The molecular formula is C8H8ClF. The second-order valence-electron chi connectivity index (χ2n) is 2.22. The van der Waals surface area contributed by atoms with Crippen molar-refractivity contribution in [1.82, 2.24) is 0 Å². The lowest BCUT2D eigenvalue weighted by Gasteiger charge is -1.93. The van der Waals surface area contributed by atoms with Gasteiger partial charge >= 0.3 is 0 Å². The maximum absolute atomic E-state index is 12.5. The Labute approximate surface area is 64.7 Å². The zero-order chi connectivity index (χ0) is 7.56. The van der Waals surface area contributed by atoms with Crippen molar-refractivity contribution in [1.29, 1.82) is 0 Å². The molecule has 0 nitrogen and oxygen atoms in total. The Balaban J connectivity index is 2.96. The van der Waals surface area contributed by atoms with Crippen molar-refractivity contribution in [3.63, 3.8) is 0 Å². The molecule has 54 valence electrons. The highest BCUT2D eigenvalue weighted by Gasteiger charge is 2.00. The Morgan fingerprint density at radius 2 is 2.30 bits per heavy atom. The Morgan fingerprint density at radius 3 is 3.00 bits per heavy atom. The molecule has 0 fully saturated rings. The van der Waals surface area contributed by atoms with E-state index in [0.29, 0.717) is 11.5 Å². The highest BCUT2D eigenvalue weighted by Crippen LogP contribution is 2.20. The zero-order valence-electron chi connectivity index (χ0n) is 5.70. The van der Waals surface area contributed by atoms with E-state index >= 15 is 0 Å². The van der Waals surface area contributed by atoms with Gasteiger partial charge in [-0.1, -0.05) is 17.7 Å². The third-order valence-electron chi connectivity index (χ3n) is 1.36. The lowest BCUT2D eigenvalue weighted by atomic mass is 10.2. The van der Waals surface area contributed by atoms with Crippen LogP contribution >= 0.6 is 11.6 Å². The predicted octanol–water partition coefficient (Wildman–Crippen LogP) is 3.31. The molecule has 0 radical (unpaired) electrons. The first-order valence-corrected chi connectivity index (χ1v) is 3.47. The fraction of sp³-hybridized carbons (Fsp3) is 0.250. The lowest BCUT2D eigenvalue weighted by molar-refractivity contribution is 0.666. The van der Waals surface area contributed by atoms with Gasteiger partial charge in [-0.3, -0.25) is 0 Å². The maximum Gasteiger partial charge on any atom is 0.123 e. The van der Waals surface area contributed by atoms with Crippen LogP contribution in [0.3, 0.4) is 0 Å². The molecule has 0 heterocycles. The Hall–Kier alpha value is -0.560.